The molecule has 1 unspecified atom stereocenters. The number of hydrogen-bond acceptors (Lipinski definition) is 3. The third-order valence-electron chi connectivity index (χ3n) is 3.54. The number of hydrogen-bond donors (Lipinski definition) is 2. The van der Waals surface area contributed by atoms with Crippen LogP contribution in [0.4, 0.5) is 11.4 Å². The first-order valence-electron chi connectivity index (χ1n) is 7.25. The van der Waals surface area contributed by atoms with Crippen LogP contribution in [0.3, 0.4) is 0 Å². The third kappa shape index (κ3) is 3.63. The Kier molecular flexibility index (Phi) is 4.64. The molecule has 0 aromatic heterocycles. The number of carbonyl (C=O) groups excluding carboxylic acids is 2. The highest BCUT2D eigenvalue weighted by Gasteiger charge is 2.29. The molecular formula is C17H14Cl2N2O3. The molecule has 0 spiro atoms. The maximum absolute atomic E-state index is 12.5. The first-order chi connectivity index (χ1) is 11.4. The molecule has 5 nitrogen and oxygen atoms in total. The van der Waals surface area contributed by atoms with Gasteiger partial charge in [-0.05, 0) is 42.0 Å². The normalized spacial score (nSPS) is 15.4. The summed E-state index contributed by atoms with van der Waals surface area (Å²) in [6.07, 6.45) is -0.236. The van der Waals surface area contributed by atoms with Crippen LogP contribution >= 0.6 is 23.2 Å². The fraction of sp³-hybridized carbons (Fsp3) is 0.176. The monoisotopic (exact) mass is 364 g/mol. The summed E-state index contributed by atoms with van der Waals surface area (Å²) >= 11 is 11.9. The molecule has 2 aromatic carbocycles. The highest BCUT2D eigenvalue weighted by Crippen LogP contribution is 2.32. The van der Waals surface area contributed by atoms with Gasteiger partial charge in [-0.15, -0.1) is 0 Å². The van der Waals surface area contributed by atoms with Crippen LogP contribution in [0.1, 0.15) is 12.5 Å². The summed E-state index contributed by atoms with van der Waals surface area (Å²) in [7, 11) is 0. The van der Waals surface area contributed by atoms with Gasteiger partial charge in [0.2, 0.25) is 5.91 Å². The molecule has 2 amide bonds. The van der Waals surface area contributed by atoms with Gasteiger partial charge in [0.1, 0.15) is 5.75 Å². The molecule has 0 radical (unpaired) electrons. The Hall–Kier alpha value is -2.24. The van der Waals surface area contributed by atoms with E-state index in [0.717, 1.165) is 5.56 Å². The second-order valence-electron chi connectivity index (χ2n) is 5.42. The van der Waals surface area contributed by atoms with Crippen LogP contribution in [-0.2, 0) is 16.0 Å². The number of rotatable bonds is 3. The van der Waals surface area contributed by atoms with Crippen molar-refractivity contribution in [2.75, 3.05) is 10.6 Å². The molecule has 1 heterocycles. The van der Waals surface area contributed by atoms with E-state index in [9.17, 15) is 9.59 Å². The van der Waals surface area contributed by atoms with Crippen LogP contribution in [-0.4, -0.2) is 17.9 Å². The molecule has 0 saturated carbocycles. The molecule has 0 saturated heterocycles. The summed E-state index contributed by atoms with van der Waals surface area (Å²) in [5, 5.41) is 6.45. The van der Waals surface area contributed by atoms with Crippen molar-refractivity contribution in [1.82, 2.24) is 0 Å². The van der Waals surface area contributed by atoms with Crippen molar-refractivity contribution in [3.05, 3.63) is 52.0 Å². The highest BCUT2D eigenvalue weighted by molar-refractivity contribution is 6.31. The summed E-state index contributed by atoms with van der Waals surface area (Å²) < 4.78 is 5.66. The maximum Gasteiger partial charge on any atom is 0.265 e. The van der Waals surface area contributed by atoms with Gasteiger partial charge < -0.3 is 15.4 Å². The molecule has 1 atom stereocenters. The van der Waals surface area contributed by atoms with Gasteiger partial charge in [-0.25, -0.2) is 0 Å². The van der Waals surface area contributed by atoms with Gasteiger partial charge in [-0.2, -0.15) is 0 Å². The molecule has 1 aliphatic heterocycles. The molecule has 3 rings (SSSR count). The zero-order valence-electron chi connectivity index (χ0n) is 12.7. The lowest BCUT2D eigenvalue weighted by Crippen LogP contribution is -2.31. The first kappa shape index (κ1) is 16.6. The summed E-state index contributed by atoms with van der Waals surface area (Å²) in [5.74, 6) is 0.0795. The first-order valence-corrected chi connectivity index (χ1v) is 8.01. The number of amides is 2. The topological polar surface area (TPSA) is 67.4 Å². The lowest BCUT2D eigenvalue weighted by Gasteiger charge is -2.15. The van der Waals surface area contributed by atoms with Crippen molar-refractivity contribution in [1.29, 1.82) is 0 Å². The SMILES string of the molecule is CC(=O)Nc1ccc(Cl)cc1NC(=O)C1Cc2cc(Cl)ccc2O1. The number of ether oxygens (including phenoxy) is 1. The van der Waals surface area contributed by atoms with Gasteiger partial charge in [-0.3, -0.25) is 9.59 Å². The van der Waals surface area contributed by atoms with E-state index in [2.05, 4.69) is 10.6 Å². The van der Waals surface area contributed by atoms with E-state index in [1.807, 2.05) is 0 Å². The van der Waals surface area contributed by atoms with Crippen LogP contribution < -0.4 is 15.4 Å². The van der Waals surface area contributed by atoms with Crippen molar-refractivity contribution in [2.24, 2.45) is 0 Å². The largest absolute Gasteiger partial charge is 0.480 e. The fourth-order valence-electron chi connectivity index (χ4n) is 2.50. The van der Waals surface area contributed by atoms with Gasteiger partial charge in [-0.1, -0.05) is 23.2 Å². The molecule has 1 aliphatic rings. The Morgan fingerprint density at radius 2 is 1.75 bits per heavy atom. The zero-order chi connectivity index (χ0) is 17.3. The van der Waals surface area contributed by atoms with E-state index in [-0.39, 0.29) is 11.8 Å². The van der Waals surface area contributed by atoms with Gasteiger partial charge in [0.05, 0.1) is 11.4 Å². The summed E-state index contributed by atoms with van der Waals surface area (Å²) in [5.41, 5.74) is 1.77. The van der Waals surface area contributed by atoms with Gasteiger partial charge in [0, 0.05) is 23.4 Å². The molecule has 7 heteroatoms. The van der Waals surface area contributed by atoms with Crippen LogP contribution in [0.5, 0.6) is 5.75 Å². The van der Waals surface area contributed by atoms with Crippen LogP contribution in [0.25, 0.3) is 0 Å². The van der Waals surface area contributed by atoms with E-state index in [1.165, 1.54) is 6.92 Å². The van der Waals surface area contributed by atoms with Crippen molar-refractivity contribution < 1.29 is 14.3 Å². The average Bonchev–Trinajstić information content (AvgIpc) is 2.92. The number of benzene rings is 2. The van der Waals surface area contributed by atoms with E-state index >= 15 is 0 Å². The molecular weight excluding hydrogens is 351 g/mol. The average molecular weight is 365 g/mol. The van der Waals surface area contributed by atoms with Gasteiger partial charge in [0.25, 0.3) is 5.91 Å². The number of fused-ring (bicyclic) bond motifs is 1. The highest BCUT2D eigenvalue weighted by atomic mass is 35.5. The van der Waals surface area contributed by atoms with E-state index < -0.39 is 6.10 Å². The quantitative estimate of drug-likeness (QED) is 0.867. The second-order valence-corrected chi connectivity index (χ2v) is 6.30. The number of anilines is 2. The zero-order valence-corrected chi connectivity index (χ0v) is 14.2. The van der Waals surface area contributed by atoms with Crippen molar-refractivity contribution in [2.45, 2.75) is 19.4 Å². The van der Waals surface area contributed by atoms with Gasteiger partial charge >= 0.3 is 0 Å². The van der Waals surface area contributed by atoms with Gasteiger partial charge in [0.15, 0.2) is 6.10 Å². The summed E-state index contributed by atoms with van der Waals surface area (Å²) in [6.45, 7) is 1.39. The minimum atomic E-state index is -0.664. The minimum Gasteiger partial charge on any atom is -0.480 e. The Balaban J connectivity index is 1.76. The Bertz CT molecular complexity index is 823. The van der Waals surface area contributed by atoms with E-state index in [0.29, 0.717) is 33.6 Å². The second kappa shape index (κ2) is 6.71. The molecule has 0 fully saturated rings. The standard InChI is InChI=1S/C17H14Cl2N2O3/c1-9(22)20-13-4-2-12(19)8-14(13)21-17(23)16-7-10-6-11(18)3-5-15(10)24-16/h2-6,8,16H,7H2,1H3,(H,20,22)(H,21,23). The maximum atomic E-state index is 12.5. The number of nitrogens with one attached hydrogen (secondary N) is 2. The smallest absolute Gasteiger partial charge is 0.265 e. The third-order valence-corrected chi connectivity index (χ3v) is 4.01. The van der Waals surface area contributed by atoms with Crippen molar-refractivity contribution >= 4 is 46.4 Å². The fourth-order valence-corrected chi connectivity index (χ4v) is 2.86. The number of carbonyl (C=O) groups is 2. The van der Waals surface area contributed by atoms with Crippen LogP contribution in [0.2, 0.25) is 10.0 Å². The predicted octanol–water partition coefficient (Wildman–Crippen LogP) is 3.89. The predicted molar refractivity (Wildman–Crippen MR) is 94.0 cm³/mol. The molecule has 24 heavy (non-hydrogen) atoms. The Morgan fingerprint density at radius 3 is 2.50 bits per heavy atom. The summed E-state index contributed by atoms with van der Waals surface area (Å²) in [6, 6.07) is 10.1. The molecule has 2 aromatic rings. The Morgan fingerprint density at radius 1 is 1.04 bits per heavy atom. The minimum absolute atomic E-state index is 0.244. The summed E-state index contributed by atoms with van der Waals surface area (Å²) in [4.78, 5) is 23.8. The van der Waals surface area contributed by atoms with Crippen LogP contribution in [0.15, 0.2) is 36.4 Å². The van der Waals surface area contributed by atoms with E-state index in [1.54, 1.807) is 36.4 Å². The lowest BCUT2D eigenvalue weighted by molar-refractivity contribution is -0.122. The van der Waals surface area contributed by atoms with Crippen molar-refractivity contribution in [3.8, 4) is 5.75 Å². The molecule has 124 valence electrons. The van der Waals surface area contributed by atoms with Crippen LogP contribution in [0, 0.1) is 0 Å². The molecule has 2 N–H and O–H groups in total. The number of halogens is 2. The van der Waals surface area contributed by atoms with E-state index in [4.69, 9.17) is 27.9 Å². The Labute approximate surface area is 148 Å². The van der Waals surface area contributed by atoms with Crippen molar-refractivity contribution in [3.63, 3.8) is 0 Å². The molecule has 0 aliphatic carbocycles. The molecule has 0 bridgehead atoms. The lowest BCUT2D eigenvalue weighted by atomic mass is 10.1.